The fourth-order valence-corrected chi connectivity index (χ4v) is 2.99. The first-order valence-electron chi connectivity index (χ1n) is 8.69. The zero-order valence-electron chi connectivity index (χ0n) is 15.1. The molecule has 0 saturated heterocycles. The molecule has 128 valence electrons. The van der Waals surface area contributed by atoms with Crippen molar-refractivity contribution in [2.45, 2.75) is 40.2 Å². The summed E-state index contributed by atoms with van der Waals surface area (Å²) in [5, 5.41) is 6.47. The van der Waals surface area contributed by atoms with Crippen molar-refractivity contribution in [3.05, 3.63) is 65.2 Å². The van der Waals surface area contributed by atoms with Crippen LogP contribution >= 0.6 is 0 Å². The van der Waals surface area contributed by atoms with Crippen LogP contribution in [0, 0.1) is 12.8 Å². The molecular formula is C21H28N2O. The Labute approximate surface area is 145 Å². The van der Waals surface area contributed by atoms with E-state index in [1.54, 1.807) is 0 Å². The molecule has 1 atom stereocenters. The third-order valence-corrected chi connectivity index (χ3v) is 4.31. The van der Waals surface area contributed by atoms with E-state index in [2.05, 4.69) is 49.6 Å². The summed E-state index contributed by atoms with van der Waals surface area (Å²) in [5.41, 5.74) is 4.44. The summed E-state index contributed by atoms with van der Waals surface area (Å²) in [6.45, 7) is 8.77. The highest BCUT2D eigenvalue weighted by Gasteiger charge is 2.17. The molecule has 2 aromatic rings. The van der Waals surface area contributed by atoms with Gasteiger partial charge in [-0.3, -0.25) is 4.79 Å². The number of carbonyl (C=O) groups excluding carboxylic acids is 1. The number of amides is 1. The zero-order chi connectivity index (χ0) is 17.5. The molecule has 0 aliphatic rings. The van der Waals surface area contributed by atoms with E-state index in [0.29, 0.717) is 12.5 Å². The Bertz CT molecular complexity index is 665. The van der Waals surface area contributed by atoms with Crippen LogP contribution in [0.4, 0.5) is 5.69 Å². The highest BCUT2D eigenvalue weighted by Crippen LogP contribution is 2.22. The van der Waals surface area contributed by atoms with E-state index in [-0.39, 0.29) is 11.9 Å². The predicted molar refractivity (Wildman–Crippen MR) is 101 cm³/mol. The third-order valence-electron chi connectivity index (χ3n) is 4.31. The molecule has 0 saturated carbocycles. The van der Waals surface area contributed by atoms with Gasteiger partial charge in [0, 0.05) is 11.7 Å². The summed E-state index contributed by atoms with van der Waals surface area (Å²) in [7, 11) is 0. The van der Waals surface area contributed by atoms with Crippen molar-refractivity contribution in [2.75, 3.05) is 11.9 Å². The van der Waals surface area contributed by atoms with Gasteiger partial charge in [-0.15, -0.1) is 0 Å². The molecule has 0 aromatic heterocycles. The van der Waals surface area contributed by atoms with Crippen LogP contribution in [-0.4, -0.2) is 12.5 Å². The van der Waals surface area contributed by atoms with E-state index in [1.807, 2.05) is 37.3 Å². The number of hydrogen-bond donors (Lipinski definition) is 2. The highest BCUT2D eigenvalue weighted by atomic mass is 16.1. The van der Waals surface area contributed by atoms with Gasteiger partial charge in [0.1, 0.15) is 0 Å². The van der Waals surface area contributed by atoms with Crippen molar-refractivity contribution in [3.63, 3.8) is 0 Å². The average molecular weight is 324 g/mol. The third kappa shape index (κ3) is 4.68. The molecule has 0 unspecified atom stereocenters. The minimum absolute atomic E-state index is 0.000538. The second kappa shape index (κ2) is 8.65. The monoisotopic (exact) mass is 324 g/mol. The maximum absolute atomic E-state index is 12.4. The maximum atomic E-state index is 12.4. The topological polar surface area (TPSA) is 41.1 Å². The number of anilines is 1. The lowest BCUT2D eigenvalue weighted by Crippen LogP contribution is -2.34. The van der Waals surface area contributed by atoms with Crippen LogP contribution in [0.3, 0.4) is 0 Å². The van der Waals surface area contributed by atoms with E-state index < -0.39 is 0 Å². The minimum atomic E-state index is 0.000538. The summed E-state index contributed by atoms with van der Waals surface area (Å²) in [4.78, 5) is 12.4. The Morgan fingerprint density at radius 2 is 1.75 bits per heavy atom. The van der Waals surface area contributed by atoms with E-state index >= 15 is 0 Å². The predicted octanol–water partition coefficient (Wildman–Crippen LogP) is 4.48. The molecule has 1 amide bonds. The summed E-state index contributed by atoms with van der Waals surface area (Å²) in [5.74, 6) is 0.408. The molecule has 0 fully saturated rings. The molecular weight excluding hydrogens is 296 g/mol. The van der Waals surface area contributed by atoms with E-state index in [0.717, 1.165) is 17.7 Å². The molecule has 3 heteroatoms. The first kappa shape index (κ1) is 18.2. The van der Waals surface area contributed by atoms with Crippen LogP contribution in [0.2, 0.25) is 0 Å². The van der Waals surface area contributed by atoms with Gasteiger partial charge in [-0.25, -0.2) is 0 Å². The van der Waals surface area contributed by atoms with E-state index in [1.165, 1.54) is 11.1 Å². The molecule has 0 aliphatic heterocycles. The van der Waals surface area contributed by atoms with Crippen molar-refractivity contribution >= 4 is 11.6 Å². The van der Waals surface area contributed by atoms with Crippen molar-refractivity contribution in [2.24, 2.45) is 5.92 Å². The number of aryl methyl sites for hydroxylation is 2. The lowest BCUT2D eigenvalue weighted by molar-refractivity contribution is -0.115. The van der Waals surface area contributed by atoms with Gasteiger partial charge in [0.25, 0.3) is 0 Å². The number of para-hydroxylation sites is 1. The molecule has 0 spiro atoms. The van der Waals surface area contributed by atoms with Gasteiger partial charge in [0.2, 0.25) is 5.91 Å². The van der Waals surface area contributed by atoms with Crippen molar-refractivity contribution in [3.8, 4) is 0 Å². The molecule has 0 aliphatic carbocycles. The van der Waals surface area contributed by atoms with Crippen LogP contribution in [0.1, 0.15) is 43.5 Å². The number of benzene rings is 2. The molecule has 24 heavy (non-hydrogen) atoms. The van der Waals surface area contributed by atoms with Crippen LogP contribution in [0.25, 0.3) is 0 Å². The Morgan fingerprint density at radius 1 is 1.04 bits per heavy atom. The number of carbonyl (C=O) groups is 1. The zero-order valence-corrected chi connectivity index (χ0v) is 15.1. The Balaban J connectivity index is 2.02. The fourth-order valence-electron chi connectivity index (χ4n) is 2.99. The number of nitrogens with one attached hydrogen (secondary N) is 2. The smallest absolute Gasteiger partial charge is 0.238 e. The molecule has 3 nitrogen and oxygen atoms in total. The largest absolute Gasteiger partial charge is 0.324 e. The van der Waals surface area contributed by atoms with Gasteiger partial charge in [0.05, 0.1) is 6.54 Å². The summed E-state index contributed by atoms with van der Waals surface area (Å²) in [6, 6.07) is 16.6. The van der Waals surface area contributed by atoms with Gasteiger partial charge in [0.15, 0.2) is 0 Å². The normalized spacial score (nSPS) is 12.2. The van der Waals surface area contributed by atoms with Crippen molar-refractivity contribution < 1.29 is 4.79 Å². The van der Waals surface area contributed by atoms with E-state index in [9.17, 15) is 4.79 Å². The average Bonchev–Trinajstić information content (AvgIpc) is 2.57. The van der Waals surface area contributed by atoms with Crippen molar-refractivity contribution in [1.82, 2.24) is 5.32 Å². The Hall–Kier alpha value is -2.13. The van der Waals surface area contributed by atoms with Gasteiger partial charge in [-0.2, -0.15) is 0 Å². The molecule has 0 heterocycles. The lowest BCUT2D eigenvalue weighted by atomic mass is 9.96. The van der Waals surface area contributed by atoms with Crippen LogP contribution < -0.4 is 10.6 Å². The maximum Gasteiger partial charge on any atom is 0.238 e. The van der Waals surface area contributed by atoms with Gasteiger partial charge in [-0.1, -0.05) is 69.3 Å². The summed E-state index contributed by atoms with van der Waals surface area (Å²) >= 11 is 0. The van der Waals surface area contributed by atoms with Crippen LogP contribution in [0.5, 0.6) is 0 Å². The second-order valence-corrected chi connectivity index (χ2v) is 6.52. The SMILES string of the molecule is CCc1cccc(C)c1NC(=O)CN[C@H](c1ccccc1)C(C)C. The molecule has 0 bridgehead atoms. The van der Waals surface area contributed by atoms with Gasteiger partial charge in [-0.05, 0) is 36.0 Å². The summed E-state index contributed by atoms with van der Waals surface area (Å²) < 4.78 is 0. The first-order chi connectivity index (χ1) is 11.5. The number of rotatable bonds is 7. The van der Waals surface area contributed by atoms with Gasteiger partial charge < -0.3 is 10.6 Å². The first-order valence-corrected chi connectivity index (χ1v) is 8.69. The molecule has 0 radical (unpaired) electrons. The summed E-state index contributed by atoms with van der Waals surface area (Å²) in [6.07, 6.45) is 0.906. The Kier molecular flexibility index (Phi) is 6.56. The van der Waals surface area contributed by atoms with Crippen LogP contribution in [-0.2, 0) is 11.2 Å². The quantitative estimate of drug-likeness (QED) is 0.788. The molecule has 2 N–H and O–H groups in total. The fraction of sp³-hybridized carbons (Fsp3) is 0.381. The number of hydrogen-bond acceptors (Lipinski definition) is 2. The highest BCUT2D eigenvalue weighted by molar-refractivity contribution is 5.93. The van der Waals surface area contributed by atoms with Gasteiger partial charge >= 0.3 is 0 Å². The lowest BCUT2D eigenvalue weighted by Gasteiger charge is -2.23. The van der Waals surface area contributed by atoms with Crippen molar-refractivity contribution in [1.29, 1.82) is 0 Å². The Morgan fingerprint density at radius 3 is 2.38 bits per heavy atom. The molecule has 2 rings (SSSR count). The van der Waals surface area contributed by atoms with Crippen LogP contribution in [0.15, 0.2) is 48.5 Å². The second-order valence-electron chi connectivity index (χ2n) is 6.52. The minimum Gasteiger partial charge on any atom is -0.324 e. The standard InChI is InChI=1S/C21H28N2O/c1-5-17-13-9-10-16(4)21(17)23-19(24)14-22-20(15(2)3)18-11-7-6-8-12-18/h6-13,15,20,22H,5,14H2,1-4H3,(H,23,24)/t20-/m0/s1. The molecule has 2 aromatic carbocycles. The van der Waals surface area contributed by atoms with E-state index in [4.69, 9.17) is 0 Å².